The molecule has 0 aliphatic heterocycles. The molecule has 1 aromatic rings. The number of aliphatic hydroxyl groups excluding tert-OH is 1. The van der Waals surface area contributed by atoms with E-state index in [0.29, 0.717) is 5.75 Å². The number of benzene rings is 1. The number of ether oxygens (including phenoxy) is 1. The second kappa shape index (κ2) is 4.09. The summed E-state index contributed by atoms with van der Waals surface area (Å²) in [7, 11) is 0. The van der Waals surface area contributed by atoms with E-state index in [9.17, 15) is 0 Å². The highest BCUT2D eigenvalue weighted by Gasteiger charge is 2.00. The van der Waals surface area contributed by atoms with Crippen LogP contribution in [0.15, 0.2) is 24.3 Å². The molecule has 0 unspecified atom stereocenters. The first-order chi connectivity index (χ1) is 5.70. The van der Waals surface area contributed by atoms with Gasteiger partial charge < -0.3 is 14.9 Å². The van der Waals surface area contributed by atoms with Crippen molar-refractivity contribution >= 4 is 0 Å². The molecule has 0 spiro atoms. The normalized spacial score (nSPS) is 10.3. The van der Waals surface area contributed by atoms with Gasteiger partial charge in [-0.2, -0.15) is 0 Å². The van der Waals surface area contributed by atoms with E-state index in [1.807, 2.05) is 25.1 Å². The highest BCUT2D eigenvalue weighted by atomic mass is 16.5. The molecule has 0 saturated carbocycles. The molecule has 0 radical (unpaired) electrons. The lowest BCUT2D eigenvalue weighted by Crippen LogP contribution is -2.16. The molecule has 66 valence electrons. The molecule has 1 aromatic carbocycles. The smallest absolute Gasteiger partial charge is 0.186 e. The van der Waals surface area contributed by atoms with Crippen molar-refractivity contribution in [3.8, 4) is 5.75 Å². The summed E-state index contributed by atoms with van der Waals surface area (Å²) in [5.41, 5.74) is 0.984. The van der Waals surface area contributed by atoms with Gasteiger partial charge in [-0.3, -0.25) is 0 Å². The van der Waals surface area contributed by atoms with E-state index in [-0.39, 0.29) is 6.61 Å². The molecule has 1 rings (SSSR count). The van der Waals surface area contributed by atoms with Crippen LogP contribution >= 0.6 is 0 Å². The van der Waals surface area contributed by atoms with Crippen LogP contribution in [0.25, 0.3) is 0 Å². The van der Waals surface area contributed by atoms with E-state index in [4.69, 9.17) is 14.9 Å². The Morgan fingerprint density at radius 2 is 2.00 bits per heavy atom. The average molecular weight is 168 g/mol. The second-order valence-electron chi connectivity index (χ2n) is 2.56. The maximum atomic E-state index is 8.54. The number of para-hydroxylation sites is 1. The quantitative estimate of drug-likeness (QED) is 0.653. The van der Waals surface area contributed by atoms with Gasteiger partial charge in [-0.15, -0.1) is 0 Å². The van der Waals surface area contributed by atoms with E-state index >= 15 is 0 Å². The fourth-order valence-corrected chi connectivity index (χ4v) is 0.883. The molecule has 0 aliphatic carbocycles. The number of hydrogen-bond acceptors (Lipinski definition) is 3. The Morgan fingerprint density at radius 1 is 1.33 bits per heavy atom. The molecule has 2 N–H and O–H groups in total. The highest BCUT2D eigenvalue weighted by Crippen LogP contribution is 2.15. The standard InChI is InChI=1S/C9H12O3/c1-7-4-2-3-5-8(7)12-6-9(10)11/h2-5,9-11H,6H2,1H3. The van der Waals surface area contributed by atoms with Crippen molar-refractivity contribution in [1.82, 2.24) is 0 Å². The Bertz CT molecular complexity index is 245. The van der Waals surface area contributed by atoms with E-state index in [1.54, 1.807) is 6.07 Å². The van der Waals surface area contributed by atoms with Crippen LogP contribution in [0, 0.1) is 6.92 Å². The van der Waals surface area contributed by atoms with E-state index < -0.39 is 6.29 Å². The van der Waals surface area contributed by atoms with Crippen LogP contribution in [0.2, 0.25) is 0 Å². The number of rotatable bonds is 3. The molecule has 0 atom stereocenters. The predicted molar refractivity (Wildman–Crippen MR) is 44.9 cm³/mol. The number of aryl methyl sites for hydroxylation is 1. The minimum Gasteiger partial charge on any atom is -0.488 e. The lowest BCUT2D eigenvalue weighted by molar-refractivity contribution is -0.0681. The molecule has 0 amide bonds. The van der Waals surface area contributed by atoms with Crippen molar-refractivity contribution < 1.29 is 14.9 Å². The summed E-state index contributed by atoms with van der Waals surface area (Å²) >= 11 is 0. The lowest BCUT2D eigenvalue weighted by Gasteiger charge is -2.09. The molecule has 0 aromatic heterocycles. The summed E-state index contributed by atoms with van der Waals surface area (Å²) in [4.78, 5) is 0. The van der Waals surface area contributed by atoms with Gasteiger partial charge in [0, 0.05) is 0 Å². The largest absolute Gasteiger partial charge is 0.488 e. The highest BCUT2D eigenvalue weighted by molar-refractivity contribution is 5.31. The van der Waals surface area contributed by atoms with Crippen LogP contribution in [-0.2, 0) is 0 Å². The first kappa shape index (κ1) is 9.03. The Hall–Kier alpha value is -1.06. The van der Waals surface area contributed by atoms with Gasteiger partial charge in [-0.05, 0) is 18.6 Å². The van der Waals surface area contributed by atoms with Gasteiger partial charge in [0.2, 0.25) is 0 Å². The third-order valence-corrected chi connectivity index (χ3v) is 1.48. The van der Waals surface area contributed by atoms with Crippen LogP contribution in [-0.4, -0.2) is 23.1 Å². The number of hydrogen-bond donors (Lipinski definition) is 2. The summed E-state index contributed by atoms with van der Waals surface area (Å²) in [6, 6.07) is 7.43. The monoisotopic (exact) mass is 168 g/mol. The third kappa shape index (κ3) is 2.53. The predicted octanol–water partition coefficient (Wildman–Crippen LogP) is 0.685. The molecule has 12 heavy (non-hydrogen) atoms. The molecule has 0 saturated heterocycles. The first-order valence-electron chi connectivity index (χ1n) is 3.74. The molecule has 0 fully saturated rings. The van der Waals surface area contributed by atoms with Gasteiger partial charge in [0.15, 0.2) is 6.29 Å². The summed E-state index contributed by atoms with van der Waals surface area (Å²) in [5.74, 6) is 0.686. The lowest BCUT2D eigenvalue weighted by atomic mass is 10.2. The van der Waals surface area contributed by atoms with Gasteiger partial charge in [0.25, 0.3) is 0 Å². The van der Waals surface area contributed by atoms with Gasteiger partial charge in [-0.25, -0.2) is 0 Å². The zero-order chi connectivity index (χ0) is 8.97. The van der Waals surface area contributed by atoms with Crippen molar-refractivity contribution in [3.63, 3.8) is 0 Å². The third-order valence-electron chi connectivity index (χ3n) is 1.48. The maximum absolute atomic E-state index is 8.54. The SMILES string of the molecule is Cc1ccccc1OCC(O)O. The molecule has 3 heteroatoms. The summed E-state index contributed by atoms with van der Waals surface area (Å²) < 4.78 is 5.10. The Morgan fingerprint density at radius 3 is 2.58 bits per heavy atom. The van der Waals surface area contributed by atoms with Crippen LogP contribution in [0.1, 0.15) is 5.56 Å². The van der Waals surface area contributed by atoms with Crippen molar-refractivity contribution in [2.75, 3.05) is 6.61 Å². The van der Waals surface area contributed by atoms with Gasteiger partial charge in [0.05, 0.1) is 0 Å². The maximum Gasteiger partial charge on any atom is 0.186 e. The van der Waals surface area contributed by atoms with Gasteiger partial charge in [0.1, 0.15) is 12.4 Å². The minimum absolute atomic E-state index is 0.0924. The molecule has 3 nitrogen and oxygen atoms in total. The van der Waals surface area contributed by atoms with Crippen molar-refractivity contribution in [2.45, 2.75) is 13.2 Å². The zero-order valence-electron chi connectivity index (χ0n) is 6.90. The van der Waals surface area contributed by atoms with Crippen LogP contribution in [0.3, 0.4) is 0 Å². The molecular formula is C9H12O3. The topological polar surface area (TPSA) is 49.7 Å². The Kier molecular flexibility index (Phi) is 3.08. The summed E-state index contributed by atoms with van der Waals surface area (Å²) in [5, 5.41) is 17.1. The average Bonchev–Trinajstić information content (AvgIpc) is 2.03. The molecule has 0 bridgehead atoms. The van der Waals surface area contributed by atoms with E-state index in [2.05, 4.69) is 0 Å². The van der Waals surface area contributed by atoms with Crippen molar-refractivity contribution in [3.05, 3.63) is 29.8 Å². The van der Waals surface area contributed by atoms with Gasteiger partial charge in [-0.1, -0.05) is 18.2 Å². The Labute approximate surface area is 71.2 Å². The fraction of sp³-hybridized carbons (Fsp3) is 0.333. The second-order valence-corrected chi connectivity index (χ2v) is 2.56. The number of aliphatic hydroxyl groups is 2. The van der Waals surface area contributed by atoms with Crippen LogP contribution < -0.4 is 4.74 Å². The van der Waals surface area contributed by atoms with Crippen molar-refractivity contribution in [2.24, 2.45) is 0 Å². The zero-order valence-corrected chi connectivity index (χ0v) is 6.90. The van der Waals surface area contributed by atoms with E-state index in [0.717, 1.165) is 5.56 Å². The summed E-state index contributed by atoms with van der Waals surface area (Å²) in [6.07, 6.45) is -1.41. The fourth-order valence-electron chi connectivity index (χ4n) is 0.883. The van der Waals surface area contributed by atoms with Gasteiger partial charge >= 0.3 is 0 Å². The molecule has 0 aliphatic rings. The molecular weight excluding hydrogens is 156 g/mol. The minimum atomic E-state index is -1.41. The summed E-state index contributed by atoms with van der Waals surface area (Å²) in [6.45, 7) is 1.81. The first-order valence-corrected chi connectivity index (χ1v) is 3.74. The van der Waals surface area contributed by atoms with Crippen LogP contribution in [0.4, 0.5) is 0 Å². The molecule has 0 heterocycles. The Balaban J connectivity index is 2.57. The van der Waals surface area contributed by atoms with E-state index in [1.165, 1.54) is 0 Å². The van der Waals surface area contributed by atoms with Crippen LogP contribution in [0.5, 0.6) is 5.75 Å². The van der Waals surface area contributed by atoms with Crippen molar-refractivity contribution in [1.29, 1.82) is 0 Å².